The molecule has 3 rings (SSSR count). The summed E-state index contributed by atoms with van der Waals surface area (Å²) in [5, 5.41) is 0.714. The van der Waals surface area contributed by atoms with Gasteiger partial charge in [-0.3, -0.25) is 4.79 Å². The fourth-order valence-electron chi connectivity index (χ4n) is 3.17. The topological polar surface area (TPSA) is 57.7 Å². The van der Waals surface area contributed by atoms with Crippen LogP contribution < -0.4 is 4.90 Å². The second-order valence-corrected chi connectivity index (χ2v) is 8.96. The number of aryl methyl sites for hydroxylation is 1. The highest BCUT2D eigenvalue weighted by atomic mass is 35.5. The van der Waals surface area contributed by atoms with E-state index in [1.807, 2.05) is 25.1 Å². The maximum atomic E-state index is 12.7. The first-order valence-electron chi connectivity index (χ1n) is 8.36. The van der Waals surface area contributed by atoms with E-state index in [2.05, 4.69) is 4.90 Å². The van der Waals surface area contributed by atoms with Crippen molar-refractivity contribution in [3.05, 3.63) is 58.6 Å². The van der Waals surface area contributed by atoms with Crippen molar-refractivity contribution in [3.63, 3.8) is 0 Å². The Balaban J connectivity index is 1.71. The molecule has 0 unspecified atom stereocenters. The van der Waals surface area contributed by atoms with E-state index >= 15 is 0 Å². The molecule has 138 valence electrons. The van der Waals surface area contributed by atoms with Crippen molar-refractivity contribution in [3.8, 4) is 0 Å². The molecule has 0 bridgehead atoms. The zero-order valence-electron chi connectivity index (χ0n) is 14.8. The molecule has 0 aromatic heterocycles. The van der Waals surface area contributed by atoms with Crippen molar-refractivity contribution in [1.29, 1.82) is 0 Å². The van der Waals surface area contributed by atoms with Gasteiger partial charge in [0.15, 0.2) is 9.84 Å². The Morgan fingerprint density at radius 2 is 1.73 bits per heavy atom. The van der Waals surface area contributed by atoms with Crippen molar-refractivity contribution in [2.75, 3.05) is 37.3 Å². The average Bonchev–Trinajstić information content (AvgIpc) is 2.61. The van der Waals surface area contributed by atoms with Crippen molar-refractivity contribution in [2.45, 2.75) is 11.8 Å². The second-order valence-electron chi connectivity index (χ2n) is 6.51. The fraction of sp³-hybridized carbons (Fsp3) is 0.316. The van der Waals surface area contributed by atoms with Gasteiger partial charge in [-0.2, -0.15) is 0 Å². The van der Waals surface area contributed by atoms with Gasteiger partial charge in [-0.1, -0.05) is 17.7 Å². The number of benzene rings is 2. The number of anilines is 1. The van der Waals surface area contributed by atoms with Crippen LogP contribution in [0.15, 0.2) is 47.4 Å². The van der Waals surface area contributed by atoms with Crippen molar-refractivity contribution in [2.24, 2.45) is 0 Å². The minimum absolute atomic E-state index is 0.136. The normalized spacial score (nSPS) is 15.2. The average molecular weight is 393 g/mol. The molecule has 0 aliphatic carbocycles. The third-order valence-corrected chi connectivity index (χ3v) is 5.92. The van der Waals surface area contributed by atoms with Crippen LogP contribution in [0.5, 0.6) is 0 Å². The number of carbonyl (C=O) groups excluding carboxylic acids is 1. The summed E-state index contributed by atoms with van der Waals surface area (Å²) in [6.45, 7) is 4.64. The summed E-state index contributed by atoms with van der Waals surface area (Å²) in [4.78, 5) is 16.9. The smallest absolute Gasteiger partial charge is 0.254 e. The van der Waals surface area contributed by atoms with E-state index < -0.39 is 9.84 Å². The monoisotopic (exact) mass is 392 g/mol. The van der Waals surface area contributed by atoms with Crippen LogP contribution in [-0.4, -0.2) is 51.7 Å². The molecule has 1 amide bonds. The highest BCUT2D eigenvalue weighted by Gasteiger charge is 2.23. The highest BCUT2D eigenvalue weighted by molar-refractivity contribution is 7.90. The van der Waals surface area contributed by atoms with Crippen LogP contribution in [0.25, 0.3) is 0 Å². The van der Waals surface area contributed by atoms with Crippen LogP contribution >= 0.6 is 11.6 Å². The predicted octanol–water partition coefficient (Wildman–Crippen LogP) is 3.01. The van der Waals surface area contributed by atoms with Gasteiger partial charge in [-0.15, -0.1) is 0 Å². The van der Waals surface area contributed by atoms with E-state index in [4.69, 9.17) is 11.6 Å². The summed E-state index contributed by atoms with van der Waals surface area (Å²) in [5.41, 5.74) is 2.64. The number of sulfone groups is 1. The van der Waals surface area contributed by atoms with Crippen LogP contribution in [0.4, 0.5) is 5.69 Å². The maximum absolute atomic E-state index is 12.7. The van der Waals surface area contributed by atoms with Crippen LogP contribution in [0.3, 0.4) is 0 Å². The molecule has 0 atom stereocenters. The summed E-state index contributed by atoms with van der Waals surface area (Å²) in [6.07, 6.45) is 1.14. The third-order valence-electron chi connectivity index (χ3n) is 4.58. The molecule has 7 heteroatoms. The van der Waals surface area contributed by atoms with E-state index in [1.165, 1.54) is 12.1 Å². The van der Waals surface area contributed by atoms with E-state index in [1.54, 1.807) is 17.0 Å². The molecule has 2 aromatic carbocycles. The molecular formula is C19H21ClN2O3S. The van der Waals surface area contributed by atoms with E-state index in [0.29, 0.717) is 23.7 Å². The van der Waals surface area contributed by atoms with Crippen LogP contribution in [0, 0.1) is 6.92 Å². The Morgan fingerprint density at radius 1 is 1.04 bits per heavy atom. The molecule has 0 saturated carbocycles. The van der Waals surface area contributed by atoms with Gasteiger partial charge >= 0.3 is 0 Å². The summed E-state index contributed by atoms with van der Waals surface area (Å²) < 4.78 is 23.4. The first kappa shape index (κ1) is 18.7. The van der Waals surface area contributed by atoms with Gasteiger partial charge < -0.3 is 9.80 Å². The Kier molecular flexibility index (Phi) is 5.25. The minimum Gasteiger partial charge on any atom is -0.368 e. The predicted molar refractivity (Wildman–Crippen MR) is 104 cm³/mol. The van der Waals surface area contributed by atoms with Crippen LogP contribution in [-0.2, 0) is 9.84 Å². The highest BCUT2D eigenvalue weighted by Crippen LogP contribution is 2.25. The Hall–Kier alpha value is -2.05. The third kappa shape index (κ3) is 4.02. The summed E-state index contributed by atoms with van der Waals surface area (Å²) in [7, 11) is -3.33. The van der Waals surface area contributed by atoms with E-state index in [0.717, 1.165) is 30.6 Å². The van der Waals surface area contributed by atoms with Gasteiger partial charge in [0.25, 0.3) is 5.91 Å². The number of piperazine rings is 1. The molecule has 1 fully saturated rings. The lowest BCUT2D eigenvalue weighted by Gasteiger charge is -2.37. The number of halogens is 1. The number of nitrogens with zero attached hydrogens (tertiary/aromatic N) is 2. The number of carbonyl (C=O) groups is 1. The minimum atomic E-state index is -3.33. The fourth-order valence-corrected chi connectivity index (χ4v) is 4.06. The van der Waals surface area contributed by atoms with Gasteiger partial charge in [0.2, 0.25) is 0 Å². The molecule has 1 heterocycles. The van der Waals surface area contributed by atoms with Crippen LogP contribution in [0.1, 0.15) is 15.9 Å². The van der Waals surface area contributed by atoms with Gasteiger partial charge in [0.1, 0.15) is 0 Å². The first-order chi connectivity index (χ1) is 12.3. The Morgan fingerprint density at radius 3 is 2.35 bits per heavy atom. The lowest BCUT2D eigenvalue weighted by molar-refractivity contribution is 0.0746. The number of hydrogen-bond donors (Lipinski definition) is 0. The van der Waals surface area contributed by atoms with E-state index in [9.17, 15) is 13.2 Å². The van der Waals surface area contributed by atoms with Gasteiger partial charge in [0.05, 0.1) is 4.90 Å². The van der Waals surface area contributed by atoms with Crippen molar-refractivity contribution >= 4 is 33.0 Å². The molecule has 0 N–H and O–H groups in total. The standard InChI is InChI=1S/C19H21ClN2O3S/c1-14-12-16(20)6-7-18(14)21-8-10-22(11-9-21)19(23)15-4-3-5-17(13-15)26(2,24)25/h3-7,12-13H,8-11H2,1-2H3. The Bertz CT molecular complexity index is 936. The summed E-state index contributed by atoms with van der Waals surface area (Å²) in [5.74, 6) is -0.136. The zero-order valence-corrected chi connectivity index (χ0v) is 16.3. The number of amides is 1. The first-order valence-corrected chi connectivity index (χ1v) is 10.6. The van der Waals surface area contributed by atoms with Gasteiger partial charge in [0, 0.05) is 48.7 Å². The molecule has 1 aliphatic rings. The van der Waals surface area contributed by atoms with Gasteiger partial charge in [-0.25, -0.2) is 8.42 Å². The molecule has 1 aliphatic heterocycles. The van der Waals surface area contributed by atoms with Crippen molar-refractivity contribution < 1.29 is 13.2 Å². The van der Waals surface area contributed by atoms with E-state index in [-0.39, 0.29) is 10.8 Å². The van der Waals surface area contributed by atoms with Gasteiger partial charge in [-0.05, 0) is 48.9 Å². The quantitative estimate of drug-likeness (QED) is 0.805. The lowest BCUT2D eigenvalue weighted by atomic mass is 10.1. The molecule has 26 heavy (non-hydrogen) atoms. The molecule has 0 spiro atoms. The molecule has 5 nitrogen and oxygen atoms in total. The Labute approximate surface area is 159 Å². The number of hydrogen-bond acceptors (Lipinski definition) is 4. The zero-order chi connectivity index (χ0) is 18.9. The molecule has 1 saturated heterocycles. The second kappa shape index (κ2) is 7.29. The maximum Gasteiger partial charge on any atom is 0.254 e. The summed E-state index contributed by atoms with van der Waals surface area (Å²) in [6, 6.07) is 12.0. The molecular weight excluding hydrogens is 372 g/mol. The van der Waals surface area contributed by atoms with Crippen LogP contribution in [0.2, 0.25) is 5.02 Å². The molecule has 2 aromatic rings. The van der Waals surface area contributed by atoms with Crippen molar-refractivity contribution in [1.82, 2.24) is 4.90 Å². The summed E-state index contributed by atoms with van der Waals surface area (Å²) >= 11 is 6.02. The SMILES string of the molecule is Cc1cc(Cl)ccc1N1CCN(C(=O)c2cccc(S(C)(=O)=O)c2)CC1. The molecule has 0 radical (unpaired) electrons. The largest absolute Gasteiger partial charge is 0.368 e. The lowest BCUT2D eigenvalue weighted by Crippen LogP contribution is -2.49. The number of rotatable bonds is 3.